The van der Waals surface area contributed by atoms with Gasteiger partial charge in [0.2, 0.25) is 0 Å². The highest BCUT2D eigenvalue weighted by Gasteiger charge is 2.19. The third-order valence-corrected chi connectivity index (χ3v) is 6.05. The van der Waals surface area contributed by atoms with Crippen molar-refractivity contribution >= 4 is 42.9 Å². The maximum atomic E-state index is 12.6. The first-order valence-corrected chi connectivity index (χ1v) is 9.50. The van der Waals surface area contributed by atoms with Gasteiger partial charge in [-0.05, 0) is 30.3 Å². The lowest BCUT2D eigenvalue weighted by molar-refractivity contribution is 0.0988. The number of nitrogens with one attached hydrogen (secondary N) is 1. The van der Waals surface area contributed by atoms with Crippen molar-refractivity contribution in [2.75, 3.05) is 4.72 Å². The number of thiophene rings is 1. The zero-order chi connectivity index (χ0) is 16.4. The van der Waals surface area contributed by atoms with Gasteiger partial charge in [0.15, 0.2) is 5.78 Å². The Labute approximate surface area is 138 Å². The molecule has 0 fully saturated rings. The number of anilines is 1. The number of carbonyl (C=O) groups is 1. The Morgan fingerprint density at radius 2 is 1.78 bits per heavy atom. The first-order valence-electron chi connectivity index (χ1n) is 7.13. The predicted octanol–water partition coefficient (Wildman–Crippen LogP) is 4.29. The number of hydrogen-bond donors (Lipinski definition) is 1. The molecule has 1 N–H and O–H groups in total. The summed E-state index contributed by atoms with van der Waals surface area (Å²) in [5, 5.41) is 2.35. The van der Waals surface area contributed by atoms with Crippen molar-refractivity contribution in [3.63, 3.8) is 0 Å². The lowest BCUT2D eigenvalue weighted by Gasteiger charge is -2.08. The number of ketones is 1. The highest BCUT2D eigenvalue weighted by atomic mass is 32.2. The van der Waals surface area contributed by atoms with E-state index in [0.717, 1.165) is 4.70 Å². The number of fused-ring (bicyclic) bond motifs is 1. The minimum atomic E-state index is -3.66. The monoisotopic (exact) mass is 345 g/mol. The van der Waals surface area contributed by atoms with Crippen molar-refractivity contribution in [1.82, 2.24) is 0 Å². The highest BCUT2D eigenvalue weighted by molar-refractivity contribution is 7.93. The fourth-order valence-corrected chi connectivity index (χ4v) is 4.86. The summed E-state index contributed by atoms with van der Waals surface area (Å²) in [7, 11) is -3.66. The van der Waals surface area contributed by atoms with Crippen molar-refractivity contribution in [2.24, 2.45) is 0 Å². The zero-order valence-corrected chi connectivity index (χ0v) is 14.1. The van der Waals surface area contributed by atoms with Gasteiger partial charge in [-0.25, -0.2) is 8.42 Å². The molecular weight excluding hydrogens is 330 g/mol. The van der Waals surface area contributed by atoms with Crippen LogP contribution in [0.4, 0.5) is 5.69 Å². The van der Waals surface area contributed by atoms with Crippen LogP contribution in [0.3, 0.4) is 0 Å². The highest BCUT2D eigenvalue weighted by Crippen LogP contribution is 2.30. The van der Waals surface area contributed by atoms with Crippen LogP contribution >= 0.6 is 11.3 Å². The Bertz CT molecular complexity index is 957. The van der Waals surface area contributed by atoms with Gasteiger partial charge in [0, 0.05) is 33.1 Å². The Balaban J connectivity index is 1.91. The molecule has 0 atom stereocenters. The van der Waals surface area contributed by atoms with Crippen molar-refractivity contribution in [1.29, 1.82) is 0 Å². The molecule has 0 bridgehead atoms. The first kappa shape index (κ1) is 15.7. The van der Waals surface area contributed by atoms with Crippen LogP contribution in [0.5, 0.6) is 0 Å². The summed E-state index contributed by atoms with van der Waals surface area (Å²) in [6.07, 6.45) is 0.423. The molecule has 6 heteroatoms. The lowest BCUT2D eigenvalue weighted by Crippen LogP contribution is -2.12. The van der Waals surface area contributed by atoms with Crippen LogP contribution in [0.25, 0.3) is 10.1 Å². The predicted molar refractivity (Wildman–Crippen MR) is 93.7 cm³/mol. The van der Waals surface area contributed by atoms with Crippen LogP contribution < -0.4 is 4.72 Å². The maximum absolute atomic E-state index is 12.6. The molecule has 118 valence electrons. The second-order valence-corrected chi connectivity index (χ2v) is 7.62. The van der Waals surface area contributed by atoms with Gasteiger partial charge in [0.25, 0.3) is 10.0 Å². The van der Waals surface area contributed by atoms with E-state index in [1.165, 1.54) is 11.3 Å². The van der Waals surface area contributed by atoms with Crippen LogP contribution in [0, 0.1) is 0 Å². The van der Waals surface area contributed by atoms with E-state index in [4.69, 9.17) is 0 Å². The van der Waals surface area contributed by atoms with Crippen molar-refractivity contribution < 1.29 is 13.2 Å². The smallest absolute Gasteiger partial charge is 0.263 e. The lowest BCUT2D eigenvalue weighted by atomic mass is 10.1. The molecule has 0 radical (unpaired) electrons. The summed E-state index contributed by atoms with van der Waals surface area (Å²) in [6.45, 7) is 1.79. The minimum Gasteiger partial charge on any atom is -0.294 e. The van der Waals surface area contributed by atoms with E-state index >= 15 is 0 Å². The van der Waals surface area contributed by atoms with Gasteiger partial charge in [0.05, 0.1) is 0 Å². The van der Waals surface area contributed by atoms with Crippen molar-refractivity contribution in [2.45, 2.75) is 18.2 Å². The molecule has 0 aliphatic heterocycles. The summed E-state index contributed by atoms with van der Waals surface area (Å²) in [5.74, 6) is 0.0308. The number of hydrogen-bond acceptors (Lipinski definition) is 4. The van der Waals surface area contributed by atoms with Crippen LogP contribution in [0.2, 0.25) is 0 Å². The minimum absolute atomic E-state index is 0.0308. The number of Topliss-reactive ketones (excluding diaryl/α,β-unsaturated/α-hetero) is 1. The zero-order valence-electron chi connectivity index (χ0n) is 12.4. The standard InChI is InChI=1S/C17H15NO3S2/c1-2-15(19)12-7-9-13(10-8-12)18-23(20,21)17-11-22-16-6-4-3-5-14(16)17/h3-11,18H,2H2,1H3. The van der Waals surface area contributed by atoms with E-state index in [9.17, 15) is 13.2 Å². The number of carbonyl (C=O) groups excluding carboxylic acids is 1. The third-order valence-electron chi connectivity index (χ3n) is 3.52. The van der Waals surface area contributed by atoms with E-state index in [1.54, 1.807) is 42.6 Å². The van der Waals surface area contributed by atoms with Gasteiger partial charge in [-0.1, -0.05) is 25.1 Å². The second kappa shape index (κ2) is 6.14. The first-order chi connectivity index (χ1) is 11.0. The van der Waals surface area contributed by atoms with Crippen LogP contribution in [-0.4, -0.2) is 14.2 Å². The van der Waals surface area contributed by atoms with Crippen molar-refractivity contribution in [3.8, 4) is 0 Å². The number of sulfonamides is 1. The largest absolute Gasteiger partial charge is 0.294 e. The molecule has 0 saturated carbocycles. The molecule has 3 rings (SSSR count). The quantitative estimate of drug-likeness (QED) is 0.702. The molecule has 0 aliphatic rings. The molecule has 3 aromatic rings. The SMILES string of the molecule is CCC(=O)c1ccc(NS(=O)(=O)c2csc3ccccc23)cc1. The Morgan fingerprint density at radius 3 is 2.48 bits per heavy atom. The van der Waals surface area contributed by atoms with Crippen molar-refractivity contribution in [3.05, 3.63) is 59.5 Å². The van der Waals surface area contributed by atoms with Gasteiger partial charge < -0.3 is 0 Å². The van der Waals surface area contributed by atoms with Crippen LogP contribution in [-0.2, 0) is 10.0 Å². The molecule has 1 aromatic heterocycles. The Morgan fingerprint density at radius 1 is 1.09 bits per heavy atom. The Kier molecular flexibility index (Phi) is 4.19. The van der Waals surface area contributed by atoms with E-state index in [-0.39, 0.29) is 10.7 Å². The number of rotatable bonds is 5. The van der Waals surface area contributed by atoms with E-state index in [2.05, 4.69) is 4.72 Å². The molecule has 2 aromatic carbocycles. The third kappa shape index (κ3) is 3.13. The molecule has 0 saturated heterocycles. The summed E-state index contributed by atoms with van der Waals surface area (Å²) < 4.78 is 28.7. The molecule has 23 heavy (non-hydrogen) atoms. The topological polar surface area (TPSA) is 63.2 Å². The van der Waals surface area contributed by atoms with Gasteiger partial charge in [-0.2, -0.15) is 0 Å². The summed E-state index contributed by atoms with van der Waals surface area (Å²) >= 11 is 1.40. The molecule has 0 unspecified atom stereocenters. The van der Waals surface area contributed by atoms with E-state index < -0.39 is 10.0 Å². The molecular formula is C17H15NO3S2. The van der Waals surface area contributed by atoms with Gasteiger partial charge in [-0.3, -0.25) is 9.52 Å². The van der Waals surface area contributed by atoms with E-state index in [0.29, 0.717) is 23.1 Å². The average Bonchev–Trinajstić information content (AvgIpc) is 2.99. The molecule has 0 aliphatic carbocycles. The normalized spacial score (nSPS) is 11.5. The van der Waals surface area contributed by atoms with Crippen LogP contribution in [0.1, 0.15) is 23.7 Å². The fourth-order valence-electron chi connectivity index (χ4n) is 2.30. The van der Waals surface area contributed by atoms with Crippen LogP contribution in [0.15, 0.2) is 58.8 Å². The second-order valence-electron chi connectivity index (χ2n) is 5.06. The molecule has 0 spiro atoms. The Hall–Kier alpha value is -2.18. The maximum Gasteiger partial charge on any atom is 0.263 e. The molecule has 0 amide bonds. The average molecular weight is 345 g/mol. The summed E-state index contributed by atoms with van der Waals surface area (Å²) in [5.41, 5.74) is 1.02. The summed E-state index contributed by atoms with van der Waals surface area (Å²) in [4.78, 5) is 11.9. The van der Waals surface area contributed by atoms with Gasteiger partial charge in [0.1, 0.15) is 4.90 Å². The fraction of sp³-hybridized carbons (Fsp3) is 0.118. The summed E-state index contributed by atoms with van der Waals surface area (Å²) in [6, 6.07) is 13.9. The molecule has 4 nitrogen and oxygen atoms in total. The molecule has 1 heterocycles. The van der Waals surface area contributed by atoms with Gasteiger partial charge >= 0.3 is 0 Å². The number of benzene rings is 2. The van der Waals surface area contributed by atoms with Gasteiger partial charge in [-0.15, -0.1) is 11.3 Å². The van der Waals surface area contributed by atoms with E-state index in [1.807, 2.05) is 18.2 Å².